The molecule has 0 saturated heterocycles. The average Bonchev–Trinajstić information content (AvgIpc) is 2.19. The maximum atomic E-state index is 6.10. The Kier molecular flexibility index (Phi) is 3.24. The van der Waals surface area contributed by atoms with Crippen molar-refractivity contribution in [3.05, 3.63) is 45.7 Å². The Morgan fingerprint density at radius 2 is 1.69 bits per heavy atom. The van der Waals surface area contributed by atoms with Crippen LogP contribution in [0.5, 0.6) is 0 Å². The lowest BCUT2D eigenvalue weighted by Crippen LogP contribution is -1.92. The Balaban J connectivity index is 2.70. The van der Waals surface area contributed by atoms with Crippen LogP contribution in [-0.2, 0) is 0 Å². The Morgan fingerprint density at radius 3 is 2.25 bits per heavy atom. The predicted molar refractivity (Wildman–Crippen MR) is 69.1 cm³/mol. The van der Waals surface area contributed by atoms with Crippen molar-refractivity contribution in [3.63, 3.8) is 0 Å². The monoisotopic (exact) mass is 272 g/mol. The first-order valence-corrected chi connectivity index (χ1v) is 5.57. The highest BCUT2D eigenvalue weighted by Crippen LogP contribution is 2.39. The molecule has 0 amide bonds. The van der Waals surface area contributed by atoms with E-state index in [0.29, 0.717) is 26.3 Å². The lowest BCUT2D eigenvalue weighted by molar-refractivity contribution is 1.33. The van der Waals surface area contributed by atoms with Crippen molar-refractivity contribution in [1.82, 2.24) is 4.98 Å². The average molecular weight is 274 g/mol. The van der Waals surface area contributed by atoms with Crippen LogP contribution in [0.2, 0.25) is 15.1 Å². The van der Waals surface area contributed by atoms with Gasteiger partial charge in [0.15, 0.2) is 0 Å². The number of anilines is 1. The highest BCUT2D eigenvalue weighted by atomic mass is 35.5. The number of benzene rings is 1. The van der Waals surface area contributed by atoms with E-state index in [1.54, 1.807) is 30.6 Å². The summed E-state index contributed by atoms with van der Waals surface area (Å²) in [6.07, 6.45) is 3.18. The number of nitrogens with zero attached hydrogens (tertiary/aromatic N) is 1. The first kappa shape index (κ1) is 11.5. The summed E-state index contributed by atoms with van der Waals surface area (Å²) in [5, 5.41) is 1.43. The van der Waals surface area contributed by atoms with E-state index in [4.69, 9.17) is 40.5 Å². The third-order valence-corrected chi connectivity index (χ3v) is 2.94. The zero-order valence-electron chi connectivity index (χ0n) is 8.05. The van der Waals surface area contributed by atoms with Gasteiger partial charge in [-0.25, -0.2) is 0 Å². The summed E-state index contributed by atoms with van der Waals surface area (Å²) >= 11 is 18.0. The van der Waals surface area contributed by atoms with Crippen molar-refractivity contribution in [1.29, 1.82) is 0 Å². The molecule has 0 unspecified atom stereocenters. The van der Waals surface area contributed by atoms with Gasteiger partial charge in [0.1, 0.15) is 0 Å². The standard InChI is InChI=1S/C11H7Cl3N2/c12-6-3-8(13)11(9(14)4-6)7-1-2-16-5-10(7)15/h1-5H,15H2. The number of hydrogen-bond acceptors (Lipinski definition) is 2. The molecule has 2 nitrogen and oxygen atoms in total. The van der Waals surface area contributed by atoms with Gasteiger partial charge in [-0.15, -0.1) is 0 Å². The maximum Gasteiger partial charge on any atom is 0.0581 e. The van der Waals surface area contributed by atoms with Crippen LogP contribution >= 0.6 is 34.8 Å². The van der Waals surface area contributed by atoms with E-state index in [1.165, 1.54) is 0 Å². The molecular formula is C11H7Cl3N2. The van der Waals surface area contributed by atoms with E-state index in [1.807, 2.05) is 0 Å². The Morgan fingerprint density at radius 1 is 1.06 bits per heavy atom. The quantitative estimate of drug-likeness (QED) is 0.842. The van der Waals surface area contributed by atoms with Crippen molar-refractivity contribution in [2.75, 3.05) is 5.73 Å². The van der Waals surface area contributed by atoms with Gasteiger partial charge < -0.3 is 5.73 Å². The van der Waals surface area contributed by atoms with Crippen molar-refractivity contribution < 1.29 is 0 Å². The molecule has 0 fully saturated rings. The van der Waals surface area contributed by atoms with E-state index in [-0.39, 0.29) is 0 Å². The number of nitrogens with two attached hydrogens (primary N) is 1. The second kappa shape index (κ2) is 4.50. The number of aromatic nitrogens is 1. The predicted octanol–water partition coefficient (Wildman–Crippen LogP) is 4.29. The molecule has 0 bridgehead atoms. The van der Waals surface area contributed by atoms with Gasteiger partial charge in [-0.3, -0.25) is 4.98 Å². The minimum absolute atomic E-state index is 0.468. The van der Waals surface area contributed by atoms with E-state index >= 15 is 0 Å². The molecule has 82 valence electrons. The molecule has 2 N–H and O–H groups in total. The molecule has 2 rings (SSSR count). The smallest absolute Gasteiger partial charge is 0.0581 e. The SMILES string of the molecule is Nc1cnccc1-c1c(Cl)cc(Cl)cc1Cl. The maximum absolute atomic E-state index is 6.10. The summed E-state index contributed by atoms with van der Waals surface area (Å²) in [4.78, 5) is 3.91. The first-order valence-electron chi connectivity index (χ1n) is 4.44. The molecule has 0 spiro atoms. The van der Waals surface area contributed by atoms with E-state index in [0.717, 1.165) is 5.56 Å². The van der Waals surface area contributed by atoms with Gasteiger partial charge in [-0.2, -0.15) is 0 Å². The Labute approximate surface area is 108 Å². The zero-order chi connectivity index (χ0) is 11.7. The number of halogens is 3. The highest BCUT2D eigenvalue weighted by molar-refractivity contribution is 6.42. The molecule has 16 heavy (non-hydrogen) atoms. The molecule has 0 aliphatic rings. The third-order valence-electron chi connectivity index (χ3n) is 2.13. The minimum Gasteiger partial charge on any atom is -0.397 e. The van der Waals surface area contributed by atoms with Crippen LogP contribution in [-0.4, -0.2) is 4.98 Å². The van der Waals surface area contributed by atoms with Gasteiger partial charge in [-0.1, -0.05) is 34.8 Å². The molecule has 5 heteroatoms. The lowest BCUT2D eigenvalue weighted by Gasteiger charge is -2.09. The van der Waals surface area contributed by atoms with Crippen LogP contribution in [0.3, 0.4) is 0 Å². The molecule has 2 aromatic rings. The highest BCUT2D eigenvalue weighted by Gasteiger charge is 2.12. The second-order valence-electron chi connectivity index (χ2n) is 3.21. The van der Waals surface area contributed by atoms with Crippen LogP contribution < -0.4 is 5.73 Å². The van der Waals surface area contributed by atoms with E-state index in [9.17, 15) is 0 Å². The van der Waals surface area contributed by atoms with Gasteiger partial charge in [-0.05, 0) is 18.2 Å². The van der Waals surface area contributed by atoms with E-state index in [2.05, 4.69) is 4.98 Å². The fourth-order valence-electron chi connectivity index (χ4n) is 1.43. The van der Waals surface area contributed by atoms with Gasteiger partial charge in [0, 0.05) is 22.3 Å². The van der Waals surface area contributed by atoms with Crippen molar-refractivity contribution in [2.45, 2.75) is 0 Å². The minimum atomic E-state index is 0.468. The zero-order valence-corrected chi connectivity index (χ0v) is 10.3. The van der Waals surface area contributed by atoms with Crippen LogP contribution in [0, 0.1) is 0 Å². The lowest BCUT2D eigenvalue weighted by atomic mass is 10.1. The summed E-state index contributed by atoms with van der Waals surface area (Å²) in [5.41, 5.74) is 7.76. The molecule has 0 atom stereocenters. The normalized spacial score (nSPS) is 10.4. The third kappa shape index (κ3) is 2.09. The van der Waals surface area contributed by atoms with Crippen molar-refractivity contribution in [3.8, 4) is 11.1 Å². The summed E-state index contributed by atoms with van der Waals surface area (Å²) in [6, 6.07) is 5.02. The fourth-order valence-corrected chi connectivity index (χ4v) is 2.45. The molecular weight excluding hydrogens is 266 g/mol. The van der Waals surface area contributed by atoms with Crippen LogP contribution in [0.25, 0.3) is 11.1 Å². The van der Waals surface area contributed by atoms with Crippen LogP contribution in [0.4, 0.5) is 5.69 Å². The van der Waals surface area contributed by atoms with Crippen LogP contribution in [0.1, 0.15) is 0 Å². The summed E-state index contributed by atoms with van der Waals surface area (Å²) in [6.45, 7) is 0. The molecule has 0 aliphatic heterocycles. The van der Waals surface area contributed by atoms with Gasteiger partial charge >= 0.3 is 0 Å². The topological polar surface area (TPSA) is 38.9 Å². The first-order chi connectivity index (χ1) is 7.59. The number of pyridine rings is 1. The van der Waals surface area contributed by atoms with Crippen molar-refractivity contribution in [2.24, 2.45) is 0 Å². The summed E-state index contributed by atoms with van der Waals surface area (Å²) < 4.78 is 0. The second-order valence-corrected chi connectivity index (χ2v) is 4.46. The summed E-state index contributed by atoms with van der Waals surface area (Å²) in [7, 11) is 0. The van der Waals surface area contributed by atoms with Crippen LogP contribution in [0.15, 0.2) is 30.6 Å². The van der Waals surface area contributed by atoms with Gasteiger partial charge in [0.05, 0.1) is 21.9 Å². The number of nitrogen functional groups attached to an aromatic ring is 1. The van der Waals surface area contributed by atoms with Gasteiger partial charge in [0.25, 0.3) is 0 Å². The molecule has 0 aliphatic carbocycles. The molecule has 1 aromatic carbocycles. The Bertz CT molecular complexity index is 517. The fraction of sp³-hybridized carbons (Fsp3) is 0. The largest absolute Gasteiger partial charge is 0.397 e. The number of rotatable bonds is 1. The van der Waals surface area contributed by atoms with Crippen molar-refractivity contribution >= 4 is 40.5 Å². The molecule has 1 aromatic heterocycles. The molecule has 1 heterocycles. The summed E-state index contributed by atoms with van der Waals surface area (Å²) in [5.74, 6) is 0. The van der Waals surface area contributed by atoms with E-state index < -0.39 is 0 Å². The number of hydrogen-bond donors (Lipinski definition) is 1. The van der Waals surface area contributed by atoms with Gasteiger partial charge in [0.2, 0.25) is 0 Å². The Hall–Kier alpha value is -0.960. The molecule has 0 radical (unpaired) electrons. The molecule has 0 saturated carbocycles.